The van der Waals surface area contributed by atoms with E-state index in [1.807, 2.05) is 17.0 Å². The lowest BCUT2D eigenvalue weighted by atomic mass is 9.81. The number of aryl methyl sites for hydroxylation is 1. The number of halogens is 3. The summed E-state index contributed by atoms with van der Waals surface area (Å²) in [5.74, 6) is -1.87. The van der Waals surface area contributed by atoms with Crippen LogP contribution in [0, 0.1) is 29.4 Å². The first-order valence-corrected chi connectivity index (χ1v) is 22.8. The van der Waals surface area contributed by atoms with Crippen molar-refractivity contribution in [2.75, 3.05) is 69.2 Å². The number of hydrogen-bond acceptors (Lipinski definition) is 11. The normalized spacial score (nSPS) is 21.2. The summed E-state index contributed by atoms with van der Waals surface area (Å²) < 4.78 is 32.4. The number of carbonyl (C=O) groups excluding carboxylic acids is 5. The molecule has 2 aromatic heterocycles. The Hall–Kier alpha value is -5.53. The molecule has 4 aliphatic rings. The summed E-state index contributed by atoms with van der Waals surface area (Å²) in [7, 11) is 1.66. The van der Waals surface area contributed by atoms with Gasteiger partial charge in [-0.05, 0) is 86.8 Å². The molecule has 5 heterocycles. The van der Waals surface area contributed by atoms with E-state index in [1.54, 1.807) is 23.9 Å². The van der Waals surface area contributed by atoms with E-state index in [-0.39, 0.29) is 77.0 Å². The number of anilines is 3. The number of imide groups is 1. The molecule has 8 rings (SSSR count). The van der Waals surface area contributed by atoms with Gasteiger partial charge in [-0.15, -0.1) is 0 Å². The van der Waals surface area contributed by atoms with Crippen LogP contribution in [-0.2, 0) is 31.1 Å². The Bertz CT molecular complexity index is 2380. The number of piperazine rings is 1. The number of aromatic nitrogens is 3. The van der Waals surface area contributed by atoms with E-state index in [1.165, 1.54) is 24.5 Å². The summed E-state index contributed by atoms with van der Waals surface area (Å²) >= 11 is 3.20. The van der Waals surface area contributed by atoms with E-state index in [0.717, 1.165) is 56.9 Å². The van der Waals surface area contributed by atoms with Gasteiger partial charge in [0.2, 0.25) is 23.6 Å². The molecule has 1 unspecified atom stereocenters. The number of benzene rings is 2. The molecule has 0 spiro atoms. The number of pyridine rings is 1. The maximum Gasteiger partial charge on any atom is 0.277 e. The Labute approximate surface area is 377 Å². The Morgan fingerprint density at radius 1 is 0.906 bits per heavy atom. The summed E-state index contributed by atoms with van der Waals surface area (Å²) in [4.78, 5) is 84.5. The highest BCUT2D eigenvalue weighted by Gasteiger charge is 2.34. The van der Waals surface area contributed by atoms with E-state index in [4.69, 9.17) is 4.84 Å². The first-order valence-electron chi connectivity index (χ1n) is 22.0. The van der Waals surface area contributed by atoms with E-state index in [2.05, 4.69) is 57.1 Å². The number of hydroxylamine groups is 1. The number of imidazole rings is 1. The molecular weight excluding hydrogens is 894 g/mol. The quantitative estimate of drug-likeness (QED) is 0.0812. The summed E-state index contributed by atoms with van der Waals surface area (Å²) in [6.45, 7) is 5.97. The molecule has 0 bridgehead atoms. The van der Waals surface area contributed by atoms with Gasteiger partial charge in [-0.25, -0.2) is 24.2 Å². The van der Waals surface area contributed by atoms with Crippen molar-refractivity contribution in [2.24, 2.45) is 24.8 Å². The smallest absolute Gasteiger partial charge is 0.277 e. The maximum atomic E-state index is 15.7. The summed E-state index contributed by atoms with van der Waals surface area (Å²) in [5, 5.41) is 7.97. The third-order valence-electron chi connectivity index (χ3n) is 13.1. The lowest BCUT2D eigenvalue weighted by Gasteiger charge is -2.40. The summed E-state index contributed by atoms with van der Waals surface area (Å²) in [5.41, 5.74) is 3.06. The molecule has 4 aromatic rings. The van der Waals surface area contributed by atoms with Crippen molar-refractivity contribution < 1.29 is 37.6 Å². The fourth-order valence-electron chi connectivity index (χ4n) is 9.32. The highest BCUT2D eigenvalue weighted by molar-refractivity contribution is 9.10. The van der Waals surface area contributed by atoms with Crippen LogP contribution in [0.25, 0.3) is 11.0 Å². The molecule has 4 N–H and O–H groups in total. The zero-order valence-corrected chi connectivity index (χ0v) is 37.3. The van der Waals surface area contributed by atoms with Crippen molar-refractivity contribution in [3.05, 3.63) is 76.2 Å². The molecule has 1 aliphatic carbocycles. The van der Waals surface area contributed by atoms with Crippen LogP contribution < -0.4 is 26.3 Å². The van der Waals surface area contributed by atoms with Gasteiger partial charge in [0.25, 0.3) is 5.91 Å². The lowest BCUT2D eigenvalue weighted by Crippen LogP contribution is -2.52. The largest absolute Gasteiger partial charge is 0.357 e. The van der Waals surface area contributed by atoms with Gasteiger partial charge < -0.3 is 25.0 Å². The van der Waals surface area contributed by atoms with Gasteiger partial charge >= 0.3 is 0 Å². The second kappa shape index (κ2) is 20.1. The van der Waals surface area contributed by atoms with Crippen molar-refractivity contribution in [2.45, 2.75) is 57.3 Å². The van der Waals surface area contributed by atoms with E-state index >= 15 is 4.39 Å². The zero-order chi connectivity index (χ0) is 44.9. The minimum absolute atomic E-state index is 0.00835. The maximum absolute atomic E-state index is 15.7. The van der Waals surface area contributed by atoms with Gasteiger partial charge in [-0.2, -0.15) is 0 Å². The van der Waals surface area contributed by atoms with Crippen molar-refractivity contribution in [1.82, 2.24) is 40.4 Å². The van der Waals surface area contributed by atoms with Crippen LogP contribution in [0.5, 0.6) is 0 Å². The van der Waals surface area contributed by atoms with Gasteiger partial charge in [-0.3, -0.25) is 39.0 Å². The third-order valence-corrected chi connectivity index (χ3v) is 13.6. The molecule has 4 fully saturated rings. The van der Waals surface area contributed by atoms with Gasteiger partial charge in [-0.1, -0.05) is 22.0 Å². The van der Waals surface area contributed by atoms with Crippen LogP contribution in [0.15, 0.2) is 53.4 Å². The highest BCUT2D eigenvalue weighted by atomic mass is 79.9. The van der Waals surface area contributed by atoms with Crippen LogP contribution in [-0.4, -0.2) is 113 Å². The standard InChI is InChI=1S/C45H53BrF2N10O6/c1-55-26-51-41-36(55)23-33(40(39(41)48)52-35-9-7-31(46)22-34(35)47)44(62)54-64-21-14-49-42(60)28-2-4-29(5-3-28)45(63)58-19-17-56(18-20-58)25-27-12-15-57(16-13-27)37-10-6-30(24-50-37)32-8-11-38(59)53-43(32)61/h6-7,9-10,22-24,26-29,32,52H,2-5,8,11-21,25H2,1H3,(H,49,60)(H,54,62)(H,53,59,61). The number of rotatable bonds is 13. The molecule has 5 amide bonds. The predicted octanol–water partition coefficient (Wildman–Crippen LogP) is 4.92. The van der Waals surface area contributed by atoms with E-state index < -0.39 is 17.5 Å². The first-order chi connectivity index (χ1) is 30.9. The van der Waals surface area contributed by atoms with E-state index in [0.29, 0.717) is 67.5 Å². The molecule has 3 aliphatic heterocycles. The Morgan fingerprint density at radius 2 is 1.66 bits per heavy atom. The number of fused-ring (bicyclic) bond motifs is 1. The highest BCUT2D eigenvalue weighted by Crippen LogP contribution is 2.34. The average molecular weight is 948 g/mol. The summed E-state index contributed by atoms with van der Waals surface area (Å²) in [6.07, 6.45) is 8.65. The minimum atomic E-state index is -0.828. The van der Waals surface area contributed by atoms with Crippen LogP contribution >= 0.6 is 15.9 Å². The second-order valence-electron chi connectivity index (χ2n) is 17.2. The Morgan fingerprint density at radius 3 is 2.36 bits per heavy atom. The Kier molecular flexibility index (Phi) is 14.2. The van der Waals surface area contributed by atoms with Gasteiger partial charge in [0.1, 0.15) is 17.2 Å². The number of carbonyl (C=O) groups is 5. The number of nitrogens with zero attached hydrogens (tertiary/aromatic N) is 6. The monoisotopic (exact) mass is 946 g/mol. The molecule has 340 valence electrons. The Balaban J connectivity index is 0.716. The summed E-state index contributed by atoms with van der Waals surface area (Å²) in [6, 6.07) is 9.58. The molecule has 3 saturated heterocycles. The molecule has 19 heteroatoms. The first kappa shape index (κ1) is 45.1. The molecule has 2 aromatic carbocycles. The van der Waals surface area contributed by atoms with Crippen molar-refractivity contribution in [1.29, 1.82) is 0 Å². The van der Waals surface area contributed by atoms with Crippen molar-refractivity contribution in [3.63, 3.8) is 0 Å². The predicted molar refractivity (Wildman–Crippen MR) is 237 cm³/mol. The molecular formula is C45H53BrF2N10O6. The SMILES string of the molecule is Cn1cnc2c(F)c(Nc3ccc(Br)cc3F)c(C(=O)NOCCNC(=O)C3CCC(C(=O)N4CCN(CC5CCN(c6ccc(C7CCC(=O)NC7=O)cn6)CC5)CC4)CC3)cc21. The van der Waals surface area contributed by atoms with Crippen LogP contribution in [0.3, 0.4) is 0 Å². The molecule has 0 radical (unpaired) electrons. The van der Waals surface area contributed by atoms with Gasteiger partial charge in [0.05, 0.1) is 41.3 Å². The van der Waals surface area contributed by atoms with Crippen LogP contribution in [0.4, 0.5) is 26.0 Å². The fraction of sp³-hybridized carbons (Fsp3) is 0.489. The minimum Gasteiger partial charge on any atom is -0.357 e. The van der Waals surface area contributed by atoms with Gasteiger partial charge in [0.15, 0.2) is 5.82 Å². The lowest BCUT2D eigenvalue weighted by molar-refractivity contribution is -0.140. The number of piperidine rings is 2. The zero-order valence-electron chi connectivity index (χ0n) is 35.7. The number of nitrogens with one attached hydrogen (secondary N) is 4. The average Bonchev–Trinajstić information content (AvgIpc) is 3.68. The number of hydrogen-bond donors (Lipinski definition) is 4. The molecule has 64 heavy (non-hydrogen) atoms. The fourth-order valence-corrected chi connectivity index (χ4v) is 9.65. The molecule has 1 atom stereocenters. The number of amides is 5. The van der Waals surface area contributed by atoms with Gasteiger partial charge in [0, 0.05) is 88.3 Å². The second-order valence-corrected chi connectivity index (χ2v) is 18.1. The topological polar surface area (TPSA) is 183 Å². The van der Waals surface area contributed by atoms with E-state index in [9.17, 15) is 28.4 Å². The van der Waals surface area contributed by atoms with Crippen LogP contribution in [0.1, 0.15) is 73.2 Å². The van der Waals surface area contributed by atoms with Crippen molar-refractivity contribution in [3.8, 4) is 0 Å². The third kappa shape index (κ3) is 10.4. The van der Waals surface area contributed by atoms with Crippen molar-refractivity contribution >= 4 is 73.7 Å². The van der Waals surface area contributed by atoms with Crippen LogP contribution in [0.2, 0.25) is 0 Å². The molecule has 1 saturated carbocycles. The molecule has 16 nitrogen and oxygen atoms in total.